The summed E-state index contributed by atoms with van der Waals surface area (Å²) in [6, 6.07) is -0.882. The first-order valence-corrected chi connectivity index (χ1v) is 29.4. The van der Waals surface area contributed by atoms with E-state index in [1.54, 1.807) is 0 Å². The van der Waals surface area contributed by atoms with Crippen LogP contribution in [0.4, 0.5) is 0 Å². The summed E-state index contributed by atoms with van der Waals surface area (Å²) in [6.45, 7) is 6.81. The summed E-state index contributed by atoms with van der Waals surface area (Å²) in [5.74, 6) is -0.584. The molecule has 0 radical (unpaired) electrons. The average molecular weight is 986 g/mol. The number of likely N-dealkylation sites (N-methyl/N-ethyl adjacent to an activating group) is 1. The van der Waals surface area contributed by atoms with Gasteiger partial charge in [-0.25, -0.2) is 4.57 Å². The first-order valence-electron chi connectivity index (χ1n) is 27.9. The van der Waals surface area contributed by atoms with Crippen molar-refractivity contribution in [2.24, 2.45) is 0 Å². The number of phosphoric ester groups is 1. The molecule has 0 aliphatic heterocycles. The van der Waals surface area contributed by atoms with Gasteiger partial charge in [-0.1, -0.05) is 202 Å². The van der Waals surface area contributed by atoms with Crippen LogP contribution in [0, 0.1) is 0 Å². The van der Waals surface area contributed by atoms with Crippen LogP contribution < -0.4 is 5.32 Å². The van der Waals surface area contributed by atoms with Crippen molar-refractivity contribution in [3.63, 3.8) is 0 Å². The summed E-state index contributed by atoms with van der Waals surface area (Å²) in [7, 11) is 1.45. The van der Waals surface area contributed by atoms with E-state index >= 15 is 0 Å². The molecular weight excluding hydrogens is 880 g/mol. The highest BCUT2D eigenvalue weighted by molar-refractivity contribution is 7.47. The van der Waals surface area contributed by atoms with Gasteiger partial charge in [0.15, 0.2) is 0 Å². The van der Waals surface area contributed by atoms with Crippen LogP contribution in [0.3, 0.4) is 0 Å². The van der Waals surface area contributed by atoms with Crippen LogP contribution in [0.2, 0.25) is 0 Å². The Morgan fingerprint density at radius 2 is 0.942 bits per heavy atom. The predicted molar refractivity (Wildman–Crippen MR) is 295 cm³/mol. The maximum Gasteiger partial charge on any atom is 0.472 e. The number of quaternary nitrogens is 1. The molecule has 0 aliphatic carbocycles. The number of carbonyl (C=O) groups excluding carboxylic acids is 2. The van der Waals surface area contributed by atoms with Gasteiger partial charge in [-0.05, 0) is 96.0 Å². The van der Waals surface area contributed by atoms with Crippen LogP contribution in [-0.2, 0) is 27.9 Å². The lowest BCUT2D eigenvalue weighted by atomic mass is 10.1. The van der Waals surface area contributed by atoms with Gasteiger partial charge < -0.3 is 19.4 Å². The van der Waals surface area contributed by atoms with E-state index in [9.17, 15) is 19.0 Å². The second kappa shape index (κ2) is 48.8. The van der Waals surface area contributed by atoms with Crippen molar-refractivity contribution in [2.75, 3.05) is 40.9 Å². The molecule has 0 saturated heterocycles. The molecule has 3 unspecified atom stereocenters. The third kappa shape index (κ3) is 49.9. The third-order valence-electron chi connectivity index (χ3n) is 11.8. The van der Waals surface area contributed by atoms with Crippen molar-refractivity contribution >= 4 is 19.7 Å². The SMILES string of the molecule is CC/C=C\C/C=C\C/C=C\C/C=C\C/C=C\CCCC(=O)NC(COP(=O)(O)OCC[N+](C)(C)C)C(/C=C/CCCCCCCCCCC)OC(=O)CCCCCCCCC/C=C\CCCCCC. The smallest absolute Gasteiger partial charge is 0.456 e. The van der Waals surface area contributed by atoms with Crippen LogP contribution in [0.15, 0.2) is 85.1 Å². The summed E-state index contributed by atoms with van der Waals surface area (Å²) in [4.78, 5) is 37.5. The molecular formula is C59H106N2O7P+. The largest absolute Gasteiger partial charge is 0.472 e. The standard InChI is InChI=1S/C59H105N2O7P/c1-7-10-13-16-19-22-25-27-29-30-32-33-36-39-42-45-48-51-58(62)60-56(55-67-69(64,65)66-54-53-61(4,5)6)57(50-47-44-41-38-35-24-21-18-15-12-9-3)68-59(63)52-49-46-43-40-37-34-31-28-26-23-20-17-14-11-8-2/h10,13,19,22-23,26-27,29,32-33,39,42,47,50,56-57H,7-9,11-12,14-18,20-21,24-25,28,30-31,34-38,40-41,43-46,48-49,51-55H2,1-6H3,(H-,60,62,64,65)/p+1/b13-10-,22-19-,26-23-,29-27-,33-32-,42-39-,50-47+. The number of unbranched alkanes of at least 4 members (excludes halogenated alkanes) is 21. The second-order valence-corrected chi connectivity index (χ2v) is 21.2. The minimum absolute atomic E-state index is 0.0256. The Hall–Kier alpha value is -2.81. The molecule has 0 heterocycles. The van der Waals surface area contributed by atoms with E-state index in [1.807, 2.05) is 33.3 Å². The van der Waals surface area contributed by atoms with E-state index in [-0.39, 0.29) is 37.9 Å². The Kier molecular flexibility index (Phi) is 46.8. The van der Waals surface area contributed by atoms with E-state index in [1.165, 1.54) is 96.3 Å². The van der Waals surface area contributed by atoms with Crippen molar-refractivity contribution in [1.29, 1.82) is 0 Å². The van der Waals surface area contributed by atoms with Gasteiger partial charge in [-0.2, -0.15) is 0 Å². The van der Waals surface area contributed by atoms with E-state index in [0.29, 0.717) is 17.4 Å². The fourth-order valence-electron chi connectivity index (χ4n) is 7.50. The number of hydrogen-bond donors (Lipinski definition) is 2. The summed E-state index contributed by atoms with van der Waals surface area (Å²) in [5, 5.41) is 3.01. The number of allylic oxidation sites excluding steroid dienone is 13. The minimum Gasteiger partial charge on any atom is -0.456 e. The molecule has 69 heavy (non-hydrogen) atoms. The molecule has 0 aromatic rings. The van der Waals surface area contributed by atoms with Crippen molar-refractivity contribution in [3.05, 3.63) is 85.1 Å². The van der Waals surface area contributed by atoms with Gasteiger partial charge in [0.2, 0.25) is 5.91 Å². The zero-order valence-electron chi connectivity index (χ0n) is 45.3. The highest BCUT2D eigenvalue weighted by Gasteiger charge is 2.30. The second-order valence-electron chi connectivity index (χ2n) is 19.7. The number of nitrogens with one attached hydrogen (secondary N) is 1. The lowest BCUT2D eigenvalue weighted by Gasteiger charge is -2.27. The summed E-state index contributed by atoms with van der Waals surface area (Å²) in [5.41, 5.74) is 0. The van der Waals surface area contributed by atoms with Crippen LogP contribution >= 0.6 is 7.82 Å². The molecule has 0 aromatic carbocycles. The summed E-state index contributed by atoms with van der Waals surface area (Å²) >= 11 is 0. The molecule has 0 spiro atoms. The zero-order chi connectivity index (χ0) is 50.8. The Labute approximate surface area is 425 Å². The minimum atomic E-state index is -4.46. The Balaban J connectivity index is 5.45. The van der Waals surface area contributed by atoms with Crippen molar-refractivity contribution in [3.8, 4) is 0 Å². The molecule has 0 bridgehead atoms. The maximum atomic E-state index is 13.5. The molecule has 1 amide bonds. The zero-order valence-corrected chi connectivity index (χ0v) is 46.2. The molecule has 0 rings (SSSR count). The van der Waals surface area contributed by atoms with Crippen molar-refractivity contribution in [2.45, 2.75) is 238 Å². The van der Waals surface area contributed by atoms with Gasteiger partial charge in [0.25, 0.3) is 0 Å². The number of nitrogens with zero attached hydrogens (tertiary/aromatic N) is 1. The highest BCUT2D eigenvalue weighted by Crippen LogP contribution is 2.43. The molecule has 10 heteroatoms. The Bertz CT molecular complexity index is 1460. The first kappa shape index (κ1) is 66.2. The van der Waals surface area contributed by atoms with Crippen molar-refractivity contribution in [1.82, 2.24) is 5.32 Å². The average Bonchev–Trinajstić information content (AvgIpc) is 3.31. The molecule has 0 aromatic heterocycles. The number of carbonyl (C=O) groups is 2. The summed E-state index contributed by atoms with van der Waals surface area (Å²) in [6.07, 6.45) is 63.0. The van der Waals surface area contributed by atoms with Gasteiger partial charge in [0.1, 0.15) is 19.3 Å². The Morgan fingerprint density at radius 1 is 0.522 bits per heavy atom. The van der Waals surface area contributed by atoms with E-state index in [4.69, 9.17) is 13.8 Å². The van der Waals surface area contributed by atoms with Gasteiger partial charge >= 0.3 is 13.8 Å². The number of amides is 1. The van der Waals surface area contributed by atoms with Crippen LogP contribution in [0.25, 0.3) is 0 Å². The predicted octanol–water partition coefficient (Wildman–Crippen LogP) is 16.7. The van der Waals surface area contributed by atoms with E-state index in [2.05, 4.69) is 99.0 Å². The molecule has 0 aliphatic rings. The molecule has 0 saturated carbocycles. The van der Waals surface area contributed by atoms with Crippen LogP contribution in [0.1, 0.15) is 226 Å². The molecule has 9 nitrogen and oxygen atoms in total. The molecule has 2 N–H and O–H groups in total. The molecule has 398 valence electrons. The highest BCUT2D eigenvalue weighted by atomic mass is 31.2. The van der Waals surface area contributed by atoms with E-state index in [0.717, 1.165) is 89.9 Å². The molecule has 3 atom stereocenters. The third-order valence-corrected chi connectivity index (χ3v) is 12.8. The van der Waals surface area contributed by atoms with Gasteiger partial charge in [-0.15, -0.1) is 0 Å². The Morgan fingerprint density at radius 3 is 1.45 bits per heavy atom. The normalized spacial score (nSPS) is 14.5. The fraction of sp³-hybridized carbons (Fsp3) is 0.729. The number of hydrogen-bond acceptors (Lipinski definition) is 6. The maximum absolute atomic E-state index is 13.5. The molecule has 0 fully saturated rings. The first-order chi connectivity index (χ1) is 33.4. The number of esters is 1. The van der Waals surface area contributed by atoms with Crippen LogP contribution in [-0.4, -0.2) is 74.3 Å². The van der Waals surface area contributed by atoms with Gasteiger partial charge in [-0.3, -0.25) is 18.6 Å². The van der Waals surface area contributed by atoms with Crippen molar-refractivity contribution < 1.29 is 37.3 Å². The number of phosphoric acid groups is 1. The van der Waals surface area contributed by atoms with Gasteiger partial charge in [0, 0.05) is 12.8 Å². The van der Waals surface area contributed by atoms with Gasteiger partial charge in [0.05, 0.1) is 33.8 Å². The monoisotopic (exact) mass is 986 g/mol. The fourth-order valence-corrected chi connectivity index (χ4v) is 8.23. The lowest BCUT2D eigenvalue weighted by molar-refractivity contribution is -0.870. The topological polar surface area (TPSA) is 111 Å². The number of ether oxygens (including phenoxy) is 1. The lowest BCUT2D eigenvalue weighted by Crippen LogP contribution is -2.47. The summed E-state index contributed by atoms with van der Waals surface area (Å²) < 4.78 is 30.5. The quantitative estimate of drug-likeness (QED) is 0.0205. The van der Waals surface area contributed by atoms with E-state index < -0.39 is 20.0 Å². The van der Waals surface area contributed by atoms with Crippen LogP contribution in [0.5, 0.6) is 0 Å². The number of rotatable bonds is 49.